The van der Waals surface area contributed by atoms with Crippen molar-refractivity contribution in [3.8, 4) is 0 Å². The summed E-state index contributed by atoms with van der Waals surface area (Å²) in [6.45, 7) is 12.1. The molecule has 0 N–H and O–H groups in total. The second-order valence-electron chi connectivity index (χ2n) is 6.57. The highest BCUT2D eigenvalue weighted by Crippen LogP contribution is 2.13. The molecule has 6 nitrogen and oxygen atoms in total. The van der Waals surface area contributed by atoms with Crippen molar-refractivity contribution >= 4 is 17.5 Å². The number of amides is 2. The number of hydrogen-bond acceptors (Lipinski definition) is 4. The molecule has 1 aliphatic rings. The molecule has 0 aliphatic carbocycles. The number of likely N-dealkylation sites (N-methyl/N-ethyl adjacent to an activating group) is 2. The summed E-state index contributed by atoms with van der Waals surface area (Å²) in [6, 6.07) is 10.0. The van der Waals surface area contributed by atoms with Gasteiger partial charge in [0, 0.05) is 51.5 Å². The fourth-order valence-corrected chi connectivity index (χ4v) is 3.31. The molecule has 0 spiro atoms. The van der Waals surface area contributed by atoms with Gasteiger partial charge in [-0.15, -0.1) is 0 Å². The van der Waals surface area contributed by atoms with Crippen molar-refractivity contribution in [2.75, 3.05) is 63.8 Å². The van der Waals surface area contributed by atoms with Crippen LogP contribution in [-0.4, -0.2) is 85.4 Å². The summed E-state index contributed by atoms with van der Waals surface area (Å²) in [5.41, 5.74) is 1.08. The van der Waals surface area contributed by atoms with Gasteiger partial charge in [-0.05, 0) is 32.9 Å². The molecule has 144 valence electrons. The molecule has 1 fully saturated rings. The largest absolute Gasteiger partial charge is 0.362 e. The zero-order valence-corrected chi connectivity index (χ0v) is 16.4. The number of carbonyl (C=O) groups excluding carboxylic acids is 2. The molecular weight excluding hydrogens is 328 g/mol. The van der Waals surface area contributed by atoms with Crippen LogP contribution < -0.4 is 4.90 Å². The lowest BCUT2D eigenvalue weighted by molar-refractivity contribution is -0.134. The third-order valence-electron chi connectivity index (χ3n) is 5.03. The Bertz CT molecular complexity index is 566. The Balaban J connectivity index is 1.81. The van der Waals surface area contributed by atoms with Crippen LogP contribution in [0.15, 0.2) is 30.3 Å². The lowest BCUT2D eigenvalue weighted by Crippen LogP contribution is -2.53. The molecule has 0 atom stereocenters. The van der Waals surface area contributed by atoms with E-state index in [9.17, 15) is 9.59 Å². The molecule has 0 bridgehead atoms. The molecule has 2 amide bonds. The van der Waals surface area contributed by atoms with Gasteiger partial charge in [-0.1, -0.05) is 18.2 Å². The monoisotopic (exact) mass is 360 g/mol. The summed E-state index contributed by atoms with van der Waals surface area (Å²) in [6.07, 6.45) is 0. The van der Waals surface area contributed by atoms with Crippen molar-refractivity contribution < 1.29 is 9.59 Å². The highest BCUT2D eigenvalue weighted by molar-refractivity contribution is 5.82. The molecule has 0 aromatic heterocycles. The molecule has 2 rings (SSSR count). The Morgan fingerprint density at radius 3 is 2.08 bits per heavy atom. The molecule has 1 aliphatic heterocycles. The average Bonchev–Trinajstić information content (AvgIpc) is 2.68. The van der Waals surface area contributed by atoms with Crippen molar-refractivity contribution in [3.63, 3.8) is 0 Å². The van der Waals surface area contributed by atoms with Crippen LogP contribution in [0, 0.1) is 0 Å². The summed E-state index contributed by atoms with van der Waals surface area (Å²) in [5.74, 6) is 0.335. The Kier molecular flexibility index (Phi) is 7.91. The molecule has 1 saturated heterocycles. The Morgan fingerprint density at radius 1 is 0.923 bits per heavy atom. The molecule has 0 unspecified atom stereocenters. The number of hydrogen-bond donors (Lipinski definition) is 0. The highest BCUT2D eigenvalue weighted by atomic mass is 16.2. The summed E-state index contributed by atoms with van der Waals surface area (Å²) < 4.78 is 0. The minimum absolute atomic E-state index is 0.158. The number of anilines is 1. The lowest BCUT2D eigenvalue weighted by Gasteiger charge is -2.36. The number of nitrogens with zero attached hydrogens (tertiary/aromatic N) is 4. The van der Waals surface area contributed by atoms with Crippen molar-refractivity contribution in [2.45, 2.75) is 20.8 Å². The average molecular weight is 361 g/mol. The van der Waals surface area contributed by atoms with Crippen LogP contribution in [0.2, 0.25) is 0 Å². The molecule has 1 heterocycles. The van der Waals surface area contributed by atoms with Crippen molar-refractivity contribution in [3.05, 3.63) is 30.3 Å². The quantitative estimate of drug-likeness (QED) is 0.705. The number of para-hydroxylation sites is 1. The van der Waals surface area contributed by atoms with E-state index in [1.807, 2.05) is 54.0 Å². The van der Waals surface area contributed by atoms with E-state index in [-0.39, 0.29) is 11.8 Å². The third-order valence-corrected chi connectivity index (χ3v) is 5.03. The molecule has 6 heteroatoms. The minimum Gasteiger partial charge on any atom is -0.362 e. The van der Waals surface area contributed by atoms with Crippen molar-refractivity contribution in [1.82, 2.24) is 14.7 Å². The van der Waals surface area contributed by atoms with E-state index in [0.717, 1.165) is 38.4 Å². The smallest absolute Gasteiger partial charge is 0.242 e. The predicted molar refractivity (Wildman–Crippen MR) is 105 cm³/mol. The van der Waals surface area contributed by atoms with Gasteiger partial charge in [0.05, 0.1) is 13.1 Å². The highest BCUT2D eigenvalue weighted by Gasteiger charge is 2.24. The topological polar surface area (TPSA) is 47.1 Å². The standard InChI is InChI=1S/C20H32N4O2/c1-4-22(5-2)19(25)16-21-12-14-24(15-13-21)20(26)17-23(6-3)18-10-8-7-9-11-18/h7-11H,4-6,12-17H2,1-3H3. The van der Waals surface area contributed by atoms with E-state index in [1.54, 1.807) is 0 Å². The second-order valence-corrected chi connectivity index (χ2v) is 6.57. The first-order valence-corrected chi connectivity index (χ1v) is 9.66. The predicted octanol–water partition coefficient (Wildman–Crippen LogP) is 1.53. The molecular formula is C20H32N4O2. The van der Waals surface area contributed by atoms with Gasteiger partial charge < -0.3 is 14.7 Å². The number of rotatable bonds is 8. The Hall–Kier alpha value is -2.08. The second kappa shape index (κ2) is 10.2. The SMILES string of the molecule is CCN(CC)C(=O)CN1CCN(C(=O)CN(CC)c2ccccc2)CC1. The van der Waals surface area contributed by atoms with Gasteiger partial charge in [-0.3, -0.25) is 14.5 Å². The maximum absolute atomic E-state index is 12.7. The Labute approximate surface area is 157 Å². The van der Waals surface area contributed by atoms with Gasteiger partial charge in [0.25, 0.3) is 0 Å². The van der Waals surface area contributed by atoms with Gasteiger partial charge >= 0.3 is 0 Å². The normalized spacial score (nSPS) is 15.0. The lowest BCUT2D eigenvalue weighted by atomic mass is 10.2. The molecule has 0 radical (unpaired) electrons. The van der Waals surface area contributed by atoms with E-state index >= 15 is 0 Å². The van der Waals surface area contributed by atoms with Crippen LogP contribution in [0.25, 0.3) is 0 Å². The maximum atomic E-state index is 12.7. The molecule has 1 aromatic carbocycles. The van der Waals surface area contributed by atoms with Crippen LogP contribution in [0.4, 0.5) is 5.69 Å². The van der Waals surface area contributed by atoms with E-state index < -0.39 is 0 Å². The van der Waals surface area contributed by atoms with Crippen molar-refractivity contribution in [2.24, 2.45) is 0 Å². The van der Waals surface area contributed by atoms with E-state index in [4.69, 9.17) is 0 Å². The molecule has 0 saturated carbocycles. The van der Waals surface area contributed by atoms with E-state index in [2.05, 4.69) is 16.7 Å². The van der Waals surface area contributed by atoms with Crippen molar-refractivity contribution in [1.29, 1.82) is 0 Å². The number of benzene rings is 1. The molecule has 26 heavy (non-hydrogen) atoms. The summed E-state index contributed by atoms with van der Waals surface area (Å²) in [7, 11) is 0. The van der Waals surface area contributed by atoms with Gasteiger partial charge in [0.1, 0.15) is 0 Å². The van der Waals surface area contributed by atoms with Crippen LogP contribution in [0.5, 0.6) is 0 Å². The van der Waals surface area contributed by atoms with Gasteiger partial charge in [-0.25, -0.2) is 0 Å². The minimum atomic E-state index is 0.158. The van der Waals surface area contributed by atoms with Gasteiger partial charge in [0.2, 0.25) is 11.8 Å². The van der Waals surface area contributed by atoms with Crippen LogP contribution in [-0.2, 0) is 9.59 Å². The zero-order valence-electron chi connectivity index (χ0n) is 16.4. The third kappa shape index (κ3) is 5.46. The zero-order chi connectivity index (χ0) is 18.9. The van der Waals surface area contributed by atoms with Crippen LogP contribution in [0.1, 0.15) is 20.8 Å². The van der Waals surface area contributed by atoms with Gasteiger partial charge in [-0.2, -0.15) is 0 Å². The van der Waals surface area contributed by atoms with E-state index in [0.29, 0.717) is 26.2 Å². The fourth-order valence-electron chi connectivity index (χ4n) is 3.31. The van der Waals surface area contributed by atoms with Crippen LogP contribution in [0.3, 0.4) is 0 Å². The summed E-state index contributed by atoms with van der Waals surface area (Å²) >= 11 is 0. The molecule has 1 aromatic rings. The number of piperazine rings is 1. The van der Waals surface area contributed by atoms with E-state index in [1.165, 1.54) is 0 Å². The maximum Gasteiger partial charge on any atom is 0.242 e. The fraction of sp³-hybridized carbons (Fsp3) is 0.600. The van der Waals surface area contributed by atoms with Crippen LogP contribution >= 0.6 is 0 Å². The first-order chi connectivity index (χ1) is 12.6. The summed E-state index contributed by atoms with van der Waals surface area (Å²) in [5, 5.41) is 0. The number of carbonyl (C=O) groups is 2. The first-order valence-electron chi connectivity index (χ1n) is 9.66. The Morgan fingerprint density at radius 2 is 1.54 bits per heavy atom. The van der Waals surface area contributed by atoms with Gasteiger partial charge in [0.15, 0.2) is 0 Å². The first kappa shape index (κ1) is 20.2. The summed E-state index contributed by atoms with van der Waals surface area (Å²) in [4.78, 5) is 32.9.